The summed E-state index contributed by atoms with van der Waals surface area (Å²) in [6, 6.07) is 1.82. The van der Waals surface area contributed by atoms with Gasteiger partial charge in [-0.1, -0.05) is 5.16 Å². The summed E-state index contributed by atoms with van der Waals surface area (Å²) < 4.78 is 0. The van der Waals surface area contributed by atoms with Crippen LogP contribution >= 0.6 is 12.4 Å². The summed E-state index contributed by atoms with van der Waals surface area (Å²) in [6.07, 6.45) is -0.544. The number of nitrogens with zero attached hydrogens (tertiary/aromatic N) is 2. The first-order valence-corrected chi connectivity index (χ1v) is 5.03. The molecule has 0 aromatic heterocycles. The molecule has 0 aliphatic rings. The number of halogens is 1. The van der Waals surface area contributed by atoms with E-state index in [2.05, 4.69) is 15.9 Å². The van der Waals surface area contributed by atoms with Crippen molar-refractivity contribution in [3.63, 3.8) is 0 Å². The minimum atomic E-state index is -0.536. The molecule has 11 nitrogen and oxygen atoms in total. The fraction of sp³-hybridized carbons (Fsp3) is 0.667. The number of carbonyl (C=O) groups excluding carboxylic acids is 1. The molecule has 0 radical (unpaired) electrons. The van der Waals surface area contributed by atoms with Crippen molar-refractivity contribution in [1.29, 1.82) is 5.26 Å². The van der Waals surface area contributed by atoms with Gasteiger partial charge >= 0.3 is 103 Å². The molecule has 0 aromatic carbocycles. The molecule has 8 N–H and O–H groups in total. The number of nitrogens with two attached hydrogens (primary N) is 2. The predicted molar refractivity (Wildman–Crippen MR) is 73.1 cm³/mol. The third kappa shape index (κ3) is 81.9. The third-order valence-corrected chi connectivity index (χ3v) is 1.06. The minimum Gasteiger partial charge on any atom is -1.00 e. The first kappa shape index (κ1) is 44.2. The molecule has 0 rings (SSSR count). The Kier molecular flexibility index (Phi) is 84.1. The van der Waals surface area contributed by atoms with Crippen LogP contribution < -0.4 is 120 Å². The maximum absolute atomic E-state index is 8.64. The standard InChI is InChI=1S/C4H10N2O2.C4H7NO.CH2O3.ClH.2K.H3NO.H/c1-3(7)2-4(5)6-8;1-4(6)2-3-5;2-1-4-3;;;;1-2;/h3,7-8H,2H2,1H3,(H2,5,6);4,6H,2H2,1H3;1,3H;1H;;;2H,1H2;/q;;;;2*+1;;-1/p-1. The fourth-order valence-electron chi connectivity index (χ4n) is 0.476. The van der Waals surface area contributed by atoms with Gasteiger partial charge in [0.25, 0.3) is 6.47 Å². The van der Waals surface area contributed by atoms with Crippen LogP contribution in [0.3, 0.4) is 0 Å². The van der Waals surface area contributed by atoms with E-state index in [1.165, 1.54) is 0 Å². The Morgan fingerprint density at radius 3 is 1.78 bits per heavy atom. The van der Waals surface area contributed by atoms with Crippen molar-refractivity contribution in [1.82, 2.24) is 0 Å². The summed E-state index contributed by atoms with van der Waals surface area (Å²) in [7, 11) is 0. The second-order valence-corrected chi connectivity index (χ2v) is 3.05. The zero-order chi connectivity index (χ0) is 17.0. The largest absolute Gasteiger partial charge is 1.00 e. The van der Waals surface area contributed by atoms with Crippen LogP contribution in [0, 0.1) is 11.3 Å². The van der Waals surface area contributed by atoms with Crippen molar-refractivity contribution in [2.24, 2.45) is 16.8 Å². The first-order chi connectivity index (χ1) is 9.35. The number of aliphatic hydroxyl groups is 2. The van der Waals surface area contributed by atoms with Crippen molar-refractivity contribution in [3.05, 3.63) is 0 Å². The van der Waals surface area contributed by atoms with Crippen molar-refractivity contribution < 1.29 is 140 Å². The molecule has 0 aromatic rings. The van der Waals surface area contributed by atoms with E-state index in [4.69, 9.17) is 41.7 Å². The summed E-state index contributed by atoms with van der Waals surface area (Å²) in [5.41, 5.74) is 5.01. The molecule has 0 aliphatic carbocycles. The number of aliphatic hydroxyl groups excluding tert-OH is 2. The Hall–Kier alpha value is 1.59. The summed E-state index contributed by atoms with van der Waals surface area (Å²) in [5, 5.41) is 50.3. The van der Waals surface area contributed by atoms with Gasteiger partial charge in [-0.05, 0) is 13.8 Å². The molecule has 0 amide bonds. The van der Waals surface area contributed by atoms with E-state index >= 15 is 0 Å². The Morgan fingerprint density at radius 2 is 1.74 bits per heavy atom. The number of hydrogen-bond donors (Lipinski definition) is 6. The number of rotatable bonds is 4. The van der Waals surface area contributed by atoms with Crippen molar-refractivity contribution >= 4 is 24.7 Å². The number of hydrogen-bond acceptors (Lipinski definition) is 10. The van der Waals surface area contributed by atoms with E-state index < -0.39 is 12.2 Å². The van der Waals surface area contributed by atoms with Crippen LogP contribution in [0.2, 0.25) is 0 Å². The van der Waals surface area contributed by atoms with Gasteiger partial charge in [0.15, 0.2) is 0 Å². The maximum Gasteiger partial charge on any atom is 1.00 e. The van der Waals surface area contributed by atoms with E-state index in [1.807, 2.05) is 6.07 Å². The summed E-state index contributed by atoms with van der Waals surface area (Å²) >= 11 is 0. The average molecular weight is 413 g/mol. The minimum absolute atomic E-state index is 0. The molecule has 0 fully saturated rings. The Balaban J connectivity index is -0.0000000243. The normalized spacial score (nSPS) is 10.1. The Bertz CT molecular complexity index is 275. The summed E-state index contributed by atoms with van der Waals surface area (Å²) in [6.45, 7) is 2.97. The maximum atomic E-state index is 8.64. The van der Waals surface area contributed by atoms with Crippen LogP contribution in [0.5, 0.6) is 0 Å². The SMILES string of the molecule is CC(O)C/C(N)=N/O.CC(O)CC#N.Cl.NO.O=CO[O-].[H-].[K+].[K+]. The van der Waals surface area contributed by atoms with Gasteiger partial charge in [-0.15, -0.1) is 12.4 Å². The topological polar surface area (TPSA) is 218 Å². The molecule has 0 saturated heterocycles. The molecule has 2 atom stereocenters. The van der Waals surface area contributed by atoms with Crippen molar-refractivity contribution in [2.75, 3.05) is 0 Å². The summed E-state index contributed by atoms with van der Waals surface area (Å²) in [4.78, 5) is 11.2. The second-order valence-electron chi connectivity index (χ2n) is 3.05. The van der Waals surface area contributed by atoms with Crippen LogP contribution in [-0.2, 0) is 9.68 Å². The summed E-state index contributed by atoms with van der Waals surface area (Å²) in [5.74, 6) is 3.56. The number of oxime groups is 1. The van der Waals surface area contributed by atoms with E-state index in [0.29, 0.717) is 0 Å². The molecule has 14 heteroatoms. The molecular formula is C9H23ClK2N4O7. The predicted octanol–water partition coefficient (Wildman–Crippen LogP) is -7.90. The van der Waals surface area contributed by atoms with Crippen LogP contribution in [-0.4, -0.2) is 45.1 Å². The first-order valence-electron chi connectivity index (χ1n) is 5.03. The van der Waals surface area contributed by atoms with Gasteiger partial charge in [0.05, 0.1) is 24.7 Å². The molecule has 23 heavy (non-hydrogen) atoms. The molecule has 0 heterocycles. The Morgan fingerprint density at radius 1 is 1.39 bits per heavy atom. The van der Waals surface area contributed by atoms with Gasteiger partial charge in [0, 0.05) is 6.42 Å². The quantitative estimate of drug-likeness (QED) is 0.0486. The van der Waals surface area contributed by atoms with E-state index in [1.54, 1.807) is 13.8 Å². The zero-order valence-electron chi connectivity index (χ0n) is 14.6. The Labute approximate surface area is 227 Å². The van der Waals surface area contributed by atoms with Gasteiger partial charge < -0.3 is 37.9 Å². The molecule has 0 spiro atoms. The number of carbonyl (C=O) groups is 1. The van der Waals surface area contributed by atoms with Gasteiger partial charge in [-0.25, -0.2) is 5.90 Å². The van der Waals surface area contributed by atoms with Crippen LogP contribution in [0.15, 0.2) is 5.16 Å². The molecule has 0 bridgehead atoms. The smallest absolute Gasteiger partial charge is 1.00 e. The average Bonchev–Trinajstić information content (AvgIpc) is 2.41. The van der Waals surface area contributed by atoms with Crippen molar-refractivity contribution in [3.8, 4) is 6.07 Å². The van der Waals surface area contributed by atoms with Crippen molar-refractivity contribution in [2.45, 2.75) is 38.9 Å². The second kappa shape index (κ2) is 43.7. The van der Waals surface area contributed by atoms with Crippen LogP contribution in [0.25, 0.3) is 0 Å². The monoisotopic (exact) mass is 412 g/mol. The molecule has 0 saturated carbocycles. The van der Waals surface area contributed by atoms with E-state index in [-0.39, 0.29) is 142 Å². The number of nitriles is 1. The zero-order valence-corrected chi connectivity index (χ0v) is 20.7. The van der Waals surface area contributed by atoms with Crippen LogP contribution in [0.1, 0.15) is 28.1 Å². The van der Waals surface area contributed by atoms with Gasteiger partial charge in [0.2, 0.25) is 0 Å². The fourth-order valence-corrected chi connectivity index (χ4v) is 0.476. The third-order valence-electron chi connectivity index (χ3n) is 1.06. The van der Waals surface area contributed by atoms with Gasteiger partial charge in [0.1, 0.15) is 5.84 Å². The van der Waals surface area contributed by atoms with Crippen LogP contribution in [0.4, 0.5) is 0 Å². The molecule has 2 unspecified atom stereocenters. The van der Waals surface area contributed by atoms with E-state index in [9.17, 15) is 0 Å². The van der Waals surface area contributed by atoms with E-state index in [0.717, 1.165) is 0 Å². The molecular weight excluding hydrogens is 390 g/mol. The van der Waals surface area contributed by atoms with Gasteiger partial charge in [-0.3, -0.25) is 4.79 Å². The molecule has 0 aliphatic heterocycles. The number of amidine groups is 1. The molecule has 130 valence electrons. The van der Waals surface area contributed by atoms with Gasteiger partial charge in [-0.2, -0.15) is 5.26 Å².